The normalized spacial score (nSPS) is 12.8. The van der Waals surface area contributed by atoms with Gasteiger partial charge < -0.3 is 9.88 Å². The molecule has 104 valence electrons. The third kappa shape index (κ3) is 3.67. The molecular formula is C15H23N3S. The SMILES string of the molecule is CCCNC(Cc1nccn1C)c1ccc(CC)s1. The quantitative estimate of drug-likeness (QED) is 0.841. The molecule has 0 aliphatic rings. The number of aromatic nitrogens is 2. The summed E-state index contributed by atoms with van der Waals surface area (Å²) in [7, 11) is 2.06. The molecule has 19 heavy (non-hydrogen) atoms. The average Bonchev–Trinajstić information content (AvgIpc) is 3.04. The monoisotopic (exact) mass is 277 g/mol. The molecule has 0 aromatic carbocycles. The largest absolute Gasteiger partial charge is 0.338 e. The van der Waals surface area contributed by atoms with E-state index in [2.05, 4.69) is 47.9 Å². The number of nitrogens with one attached hydrogen (secondary N) is 1. The van der Waals surface area contributed by atoms with Crippen molar-refractivity contribution >= 4 is 11.3 Å². The van der Waals surface area contributed by atoms with Gasteiger partial charge in [0.1, 0.15) is 5.82 Å². The molecule has 0 saturated heterocycles. The minimum absolute atomic E-state index is 0.381. The zero-order valence-corrected chi connectivity index (χ0v) is 12.8. The topological polar surface area (TPSA) is 29.9 Å². The smallest absolute Gasteiger partial charge is 0.110 e. The highest BCUT2D eigenvalue weighted by Crippen LogP contribution is 2.26. The van der Waals surface area contributed by atoms with Crippen LogP contribution >= 0.6 is 11.3 Å². The van der Waals surface area contributed by atoms with Crippen LogP contribution in [0.15, 0.2) is 24.5 Å². The number of hydrogen-bond acceptors (Lipinski definition) is 3. The lowest BCUT2D eigenvalue weighted by Crippen LogP contribution is -2.24. The molecule has 0 fully saturated rings. The fourth-order valence-corrected chi connectivity index (χ4v) is 3.17. The lowest BCUT2D eigenvalue weighted by molar-refractivity contribution is 0.519. The van der Waals surface area contributed by atoms with Crippen LogP contribution in [0.25, 0.3) is 0 Å². The molecule has 4 heteroatoms. The summed E-state index contributed by atoms with van der Waals surface area (Å²) in [4.78, 5) is 7.32. The average molecular weight is 277 g/mol. The second-order valence-electron chi connectivity index (χ2n) is 4.82. The van der Waals surface area contributed by atoms with E-state index < -0.39 is 0 Å². The number of imidazole rings is 1. The molecule has 3 nitrogen and oxygen atoms in total. The number of rotatable bonds is 7. The lowest BCUT2D eigenvalue weighted by atomic mass is 10.1. The molecule has 2 aromatic heterocycles. The minimum Gasteiger partial charge on any atom is -0.338 e. The van der Waals surface area contributed by atoms with E-state index in [1.54, 1.807) is 0 Å². The van der Waals surface area contributed by atoms with Crippen LogP contribution in [-0.2, 0) is 19.9 Å². The fourth-order valence-electron chi connectivity index (χ4n) is 2.14. The maximum Gasteiger partial charge on any atom is 0.110 e. The van der Waals surface area contributed by atoms with Gasteiger partial charge >= 0.3 is 0 Å². The van der Waals surface area contributed by atoms with Crippen LogP contribution in [0.3, 0.4) is 0 Å². The zero-order valence-electron chi connectivity index (χ0n) is 12.0. The fraction of sp³-hybridized carbons (Fsp3) is 0.533. The highest BCUT2D eigenvalue weighted by atomic mass is 32.1. The molecule has 1 unspecified atom stereocenters. The van der Waals surface area contributed by atoms with Crippen LogP contribution in [0, 0.1) is 0 Å². The van der Waals surface area contributed by atoms with Gasteiger partial charge in [0.2, 0.25) is 0 Å². The van der Waals surface area contributed by atoms with E-state index in [1.807, 2.05) is 23.7 Å². The van der Waals surface area contributed by atoms with Gasteiger partial charge in [-0.15, -0.1) is 11.3 Å². The second-order valence-corrected chi connectivity index (χ2v) is 6.02. The Balaban J connectivity index is 2.13. The van der Waals surface area contributed by atoms with Crippen molar-refractivity contribution in [3.63, 3.8) is 0 Å². The van der Waals surface area contributed by atoms with Crippen molar-refractivity contribution in [1.29, 1.82) is 0 Å². The van der Waals surface area contributed by atoms with Crippen LogP contribution in [0.4, 0.5) is 0 Å². The van der Waals surface area contributed by atoms with E-state index in [0.717, 1.165) is 31.6 Å². The van der Waals surface area contributed by atoms with Crippen molar-refractivity contribution < 1.29 is 0 Å². The van der Waals surface area contributed by atoms with E-state index in [4.69, 9.17) is 0 Å². The third-order valence-corrected chi connectivity index (χ3v) is 4.67. The molecule has 0 aliphatic carbocycles. The molecule has 0 amide bonds. The second kappa shape index (κ2) is 6.87. The summed E-state index contributed by atoms with van der Waals surface area (Å²) in [6.45, 7) is 5.47. The molecule has 2 heterocycles. The Morgan fingerprint density at radius 2 is 2.21 bits per heavy atom. The molecule has 2 aromatic rings. The molecule has 2 rings (SSSR count). The van der Waals surface area contributed by atoms with E-state index in [1.165, 1.54) is 9.75 Å². The van der Waals surface area contributed by atoms with Crippen molar-refractivity contribution in [3.05, 3.63) is 40.1 Å². The summed E-state index contributed by atoms with van der Waals surface area (Å²) in [5, 5.41) is 3.65. The van der Waals surface area contributed by atoms with Gasteiger partial charge in [-0.3, -0.25) is 0 Å². The standard InChI is InChI=1S/C15H23N3S/c1-4-8-16-13(11-15-17-9-10-18(15)3)14-7-6-12(5-2)19-14/h6-7,9-10,13,16H,4-5,8,11H2,1-3H3. The first-order valence-corrected chi connectivity index (χ1v) is 7.84. The predicted octanol–water partition coefficient (Wildman–Crippen LogP) is 3.33. The van der Waals surface area contributed by atoms with Crippen molar-refractivity contribution in [2.24, 2.45) is 7.05 Å². The van der Waals surface area contributed by atoms with Crippen LogP contribution < -0.4 is 5.32 Å². The van der Waals surface area contributed by atoms with Crippen LogP contribution in [0.1, 0.15) is 41.9 Å². The van der Waals surface area contributed by atoms with Crippen molar-refractivity contribution in [2.45, 2.75) is 39.2 Å². The van der Waals surface area contributed by atoms with Gasteiger partial charge in [0, 0.05) is 41.7 Å². The van der Waals surface area contributed by atoms with E-state index in [-0.39, 0.29) is 0 Å². The van der Waals surface area contributed by atoms with E-state index in [0.29, 0.717) is 6.04 Å². The molecule has 0 aliphatic heterocycles. The molecule has 0 saturated carbocycles. The number of aryl methyl sites for hydroxylation is 2. The number of thiophene rings is 1. The van der Waals surface area contributed by atoms with Crippen LogP contribution in [-0.4, -0.2) is 16.1 Å². The van der Waals surface area contributed by atoms with Gasteiger partial charge in [0.05, 0.1) is 0 Å². The van der Waals surface area contributed by atoms with Crippen LogP contribution in [0.5, 0.6) is 0 Å². The Morgan fingerprint density at radius 3 is 2.79 bits per heavy atom. The van der Waals surface area contributed by atoms with Crippen molar-refractivity contribution in [1.82, 2.24) is 14.9 Å². The first-order valence-electron chi connectivity index (χ1n) is 7.02. The predicted molar refractivity (Wildman–Crippen MR) is 81.6 cm³/mol. The first-order chi connectivity index (χ1) is 9.24. The molecule has 0 bridgehead atoms. The molecule has 0 radical (unpaired) electrons. The summed E-state index contributed by atoms with van der Waals surface area (Å²) in [6.07, 6.45) is 7.11. The maximum atomic E-state index is 4.44. The molecule has 1 atom stereocenters. The lowest BCUT2D eigenvalue weighted by Gasteiger charge is -2.17. The minimum atomic E-state index is 0.381. The highest BCUT2D eigenvalue weighted by Gasteiger charge is 2.15. The molecular weight excluding hydrogens is 254 g/mol. The summed E-state index contributed by atoms with van der Waals surface area (Å²) in [6, 6.07) is 4.89. The summed E-state index contributed by atoms with van der Waals surface area (Å²) < 4.78 is 2.11. The number of hydrogen-bond donors (Lipinski definition) is 1. The highest BCUT2D eigenvalue weighted by molar-refractivity contribution is 7.12. The first kappa shape index (κ1) is 14.3. The Hall–Kier alpha value is -1.13. The van der Waals surface area contributed by atoms with Gasteiger partial charge in [-0.1, -0.05) is 13.8 Å². The van der Waals surface area contributed by atoms with Gasteiger partial charge in [-0.05, 0) is 31.5 Å². The van der Waals surface area contributed by atoms with Gasteiger partial charge in [0.25, 0.3) is 0 Å². The zero-order chi connectivity index (χ0) is 13.7. The Labute approximate surface area is 119 Å². The molecule has 1 N–H and O–H groups in total. The van der Waals surface area contributed by atoms with Gasteiger partial charge in [-0.25, -0.2) is 4.98 Å². The third-order valence-electron chi connectivity index (χ3n) is 3.32. The van der Waals surface area contributed by atoms with E-state index in [9.17, 15) is 0 Å². The van der Waals surface area contributed by atoms with Crippen molar-refractivity contribution in [3.8, 4) is 0 Å². The maximum absolute atomic E-state index is 4.44. The summed E-state index contributed by atoms with van der Waals surface area (Å²) in [5.41, 5.74) is 0. The Morgan fingerprint density at radius 1 is 1.37 bits per heavy atom. The summed E-state index contributed by atoms with van der Waals surface area (Å²) in [5.74, 6) is 1.14. The Bertz CT molecular complexity index is 501. The van der Waals surface area contributed by atoms with E-state index >= 15 is 0 Å². The molecule has 0 spiro atoms. The van der Waals surface area contributed by atoms with Gasteiger partial charge in [0.15, 0.2) is 0 Å². The van der Waals surface area contributed by atoms with Crippen LogP contribution in [0.2, 0.25) is 0 Å². The Kier molecular flexibility index (Phi) is 5.16. The van der Waals surface area contributed by atoms with Gasteiger partial charge in [-0.2, -0.15) is 0 Å². The summed E-state index contributed by atoms with van der Waals surface area (Å²) >= 11 is 1.92. The van der Waals surface area contributed by atoms with Crippen molar-refractivity contribution in [2.75, 3.05) is 6.54 Å². The number of nitrogens with zero attached hydrogens (tertiary/aromatic N) is 2.